The van der Waals surface area contributed by atoms with Gasteiger partial charge in [-0.3, -0.25) is 9.79 Å². The van der Waals surface area contributed by atoms with E-state index in [1.54, 1.807) is 24.4 Å². The molecule has 0 fully saturated rings. The van der Waals surface area contributed by atoms with Crippen LogP contribution in [0.4, 0.5) is 0 Å². The van der Waals surface area contributed by atoms with Gasteiger partial charge in [-0.05, 0) is 26.0 Å². The molecule has 0 bridgehead atoms. The van der Waals surface area contributed by atoms with Gasteiger partial charge < -0.3 is 9.84 Å². The van der Waals surface area contributed by atoms with E-state index in [0.717, 1.165) is 0 Å². The van der Waals surface area contributed by atoms with Crippen LogP contribution < -0.4 is 0 Å². The molecule has 0 heterocycles. The Morgan fingerprint density at radius 3 is 2.71 bits per heavy atom. The topological polar surface area (TPSA) is 58.9 Å². The summed E-state index contributed by atoms with van der Waals surface area (Å²) in [6, 6.07) is 6.93. The minimum Gasteiger partial charge on any atom is -0.507 e. The third-order valence-electron chi connectivity index (χ3n) is 2.12. The molecular weight excluding hydrogens is 218 g/mol. The van der Waals surface area contributed by atoms with Crippen LogP contribution in [-0.2, 0) is 9.53 Å². The van der Waals surface area contributed by atoms with Crippen molar-refractivity contribution in [1.82, 2.24) is 0 Å². The Balaban J connectivity index is 2.69. The number of hydrogen-bond donors (Lipinski definition) is 1. The number of aliphatic imine (C=N–C) groups is 1. The first kappa shape index (κ1) is 13.2. The predicted octanol–water partition coefficient (Wildman–Crippen LogP) is 2.15. The Labute approximate surface area is 101 Å². The van der Waals surface area contributed by atoms with Gasteiger partial charge in [-0.1, -0.05) is 12.1 Å². The second-order valence-electron chi connectivity index (χ2n) is 4.41. The quantitative estimate of drug-likeness (QED) is 0.642. The van der Waals surface area contributed by atoms with Gasteiger partial charge in [0.25, 0.3) is 0 Å². The molecule has 0 aromatic heterocycles. The summed E-state index contributed by atoms with van der Waals surface area (Å²) in [5.41, 5.74) is 0.136. The van der Waals surface area contributed by atoms with Gasteiger partial charge in [-0.2, -0.15) is 0 Å². The van der Waals surface area contributed by atoms with Crippen molar-refractivity contribution in [1.29, 1.82) is 0 Å². The van der Waals surface area contributed by atoms with E-state index in [9.17, 15) is 9.90 Å². The first-order chi connectivity index (χ1) is 7.91. The fourth-order valence-electron chi connectivity index (χ4n) is 1.16. The van der Waals surface area contributed by atoms with Crippen LogP contribution in [0.2, 0.25) is 0 Å². The lowest BCUT2D eigenvalue weighted by Gasteiger charge is -2.18. The van der Waals surface area contributed by atoms with Crippen molar-refractivity contribution in [2.75, 3.05) is 6.61 Å². The molecule has 0 spiro atoms. The SMILES string of the molecule is CC(=O)OCC(C)(C)N=Cc1ccccc1O. The number of rotatable bonds is 4. The van der Waals surface area contributed by atoms with Gasteiger partial charge in [-0.25, -0.2) is 0 Å². The number of carbonyl (C=O) groups excluding carboxylic acids is 1. The smallest absolute Gasteiger partial charge is 0.302 e. The Hall–Kier alpha value is -1.84. The average molecular weight is 235 g/mol. The van der Waals surface area contributed by atoms with E-state index in [1.807, 2.05) is 19.9 Å². The highest BCUT2D eigenvalue weighted by molar-refractivity contribution is 5.83. The number of phenolic OH excluding ortho intramolecular Hbond substituents is 1. The molecule has 0 aliphatic heterocycles. The molecule has 1 aromatic rings. The molecule has 0 amide bonds. The van der Waals surface area contributed by atoms with Crippen LogP contribution in [-0.4, -0.2) is 29.4 Å². The molecule has 0 saturated carbocycles. The summed E-state index contributed by atoms with van der Waals surface area (Å²) in [6.45, 7) is 5.29. The van der Waals surface area contributed by atoms with Crippen molar-refractivity contribution in [3.05, 3.63) is 29.8 Å². The van der Waals surface area contributed by atoms with Gasteiger partial charge in [0.2, 0.25) is 0 Å². The molecule has 0 aliphatic carbocycles. The van der Waals surface area contributed by atoms with Gasteiger partial charge in [0.05, 0.1) is 5.54 Å². The van der Waals surface area contributed by atoms with Crippen molar-refractivity contribution in [2.45, 2.75) is 26.3 Å². The standard InChI is InChI=1S/C13H17NO3/c1-10(15)17-9-13(2,3)14-8-11-6-4-5-7-12(11)16/h4-8,16H,9H2,1-3H3. The zero-order valence-electron chi connectivity index (χ0n) is 10.3. The summed E-state index contributed by atoms with van der Waals surface area (Å²) in [4.78, 5) is 15.0. The van der Waals surface area contributed by atoms with E-state index >= 15 is 0 Å². The van der Waals surface area contributed by atoms with E-state index < -0.39 is 5.54 Å². The summed E-state index contributed by atoms with van der Waals surface area (Å²) in [5, 5.41) is 9.55. The Morgan fingerprint density at radius 2 is 2.12 bits per heavy atom. The molecule has 0 radical (unpaired) electrons. The number of ether oxygens (including phenoxy) is 1. The minimum absolute atomic E-state index is 0.180. The number of phenols is 1. The van der Waals surface area contributed by atoms with E-state index in [0.29, 0.717) is 5.56 Å². The predicted molar refractivity (Wildman–Crippen MR) is 66.4 cm³/mol. The number of esters is 1. The molecule has 1 N–H and O–H groups in total. The number of nitrogens with zero attached hydrogens (tertiary/aromatic N) is 1. The molecule has 4 nitrogen and oxygen atoms in total. The largest absolute Gasteiger partial charge is 0.507 e. The second kappa shape index (κ2) is 5.48. The first-order valence-corrected chi connectivity index (χ1v) is 5.37. The molecular formula is C13H17NO3. The molecule has 0 atom stereocenters. The fraction of sp³-hybridized carbons (Fsp3) is 0.385. The van der Waals surface area contributed by atoms with E-state index in [2.05, 4.69) is 4.99 Å². The van der Waals surface area contributed by atoms with E-state index in [1.165, 1.54) is 6.92 Å². The summed E-state index contributed by atoms with van der Waals surface area (Å²) in [7, 11) is 0. The Morgan fingerprint density at radius 1 is 1.47 bits per heavy atom. The minimum atomic E-state index is -0.506. The van der Waals surface area contributed by atoms with Crippen molar-refractivity contribution in [3.63, 3.8) is 0 Å². The van der Waals surface area contributed by atoms with Gasteiger partial charge >= 0.3 is 5.97 Å². The van der Waals surface area contributed by atoms with Gasteiger partial charge in [0.1, 0.15) is 12.4 Å². The van der Waals surface area contributed by atoms with Gasteiger partial charge in [0.15, 0.2) is 0 Å². The van der Waals surface area contributed by atoms with Gasteiger partial charge in [0, 0.05) is 18.7 Å². The molecule has 92 valence electrons. The van der Waals surface area contributed by atoms with Crippen molar-refractivity contribution in [3.8, 4) is 5.75 Å². The lowest BCUT2D eigenvalue weighted by Crippen LogP contribution is -2.26. The zero-order valence-corrected chi connectivity index (χ0v) is 10.3. The maximum Gasteiger partial charge on any atom is 0.302 e. The lowest BCUT2D eigenvalue weighted by atomic mass is 10.1. The van der Waals surface area contributed by atoms with Crippen LogP contribution in [0, 0.1) is 0 Å². The average Bonchev–Trinajstić information content (AvgIpc) is 2.26. The summed E-state index contributed by atoms with van der Waals surface area (Å²) < 4.78 is 4.91. The third-order valence-corrected chi connectivity index (χ3v) is 2.12. The normalized spacial score (nSPS) is 11.7. The highest BCUT2D eigenvalue weighted by Crippen LogP contribution is 2.15. The highest BCUT2D eigenvalue weighted by Gasteiger charge is 2.17. The molecule has 0 aliphatic rings. The number of hydrogen-bond acceptors (Lipinski definition) is 4. The molecule has 17 heavy (non-hydrogen) atoms. The monoisotopic (exact) mass is 235 g/mol. The van der Waals surface area contributed by atoms with Crippen LogP contribution in [0.3, 0.4) is 0 Å². The number of carbonyl (C=O) groups is 1. The summed E-state index contributed by atoms with van der Waals surface area (Å²) in [6.07, 6.45) is 1.58. The second-order valence-corrected chi connectivity index (χ2v) is 4.41. The van der Waals surface area contributed by atoms with Crippen molar-refractivity contribution < 1.29 is 14.6 Å². The fourth-order valence-corrected chi connectivity index (χ4v) is 1.16. The number of aromatic hydroxyl groups is 1. The van der Waals surface area contributed by atoms with Crippen LogP contribution >= 0.6 is 0 Å². The van der Waals surface area contributed by atoms with Crippen molar-refractivity contribution >= 4 is 12.2 Å². The molecule has 1 aromatic carbocycles. The Kier molecular flexibility index (Phi) is 4.26. The number of benzene rings is 1. The van der Waals surface area contributed by atoms with E-state index in [-0.39, 0.29) is 18.3 Å². The van der Waals surface area contributed by atoms with Crippen LogP contribution in [0.5, 0.6) is 5.75 Å². The van der Waals surface area contributed by atoms with E-state index in [4.69, 9.17) is 4.74 Å². The molecule has 1 rings (SSSR count). The lowest BCUT2D eigenvalue weighted by molar-refractivity contribution is -0.142. The van der Waals surface area contributed by atoms with Crippen LogP contribution in [0.1, 0.15) is 26.3 Å². The maximum atomic E-state index is 10.7. The summed E-state index contributed by atoms with van der Waals surface area (Å²) in [5.74, 6) is -0.143. The first-order valence-electron chi connectivity index (χ1n) is 5.37. The molecule has 0 unspecified atom stereocenters. The molecule has 4 heteroatoms. The van der Waals surface area contributed by atoms with Crippen molar-refractivity contribution in [2.24, 2.45) is 4.99 Å². The molecule has 0 saturated heterocycles. The van der Waals surface area contributed by atoms with Crippen LogP contribution in [0.15, 0.2) is 29.3 Å². The summed E-state index contributed by atoms with van der Waals surface area (Å²) >= 11 is 0. The highest BCUT2D eigenvalue weighted by atomic mass is 16.5. The number of para-hydroxylation sites is 1. The van der Waals surface area contributed by atoms with Gasteiger partial charge in [-0.15, -0.1) is 0 Å². The Bertz CT molecular complexity index is 424. The maximum absolute atomic E-state index is 10.7. The zero-order chi connectivity index (χ0) is 12.9. The van der Waals surface area contributed by atoms with Crippen LogP contribution in [0.25, 0.3) is 0 Å². The third kappa shape index (κ3) is 4.68.